The SMILES string of the molecule is N#CC(Nc1nc2ccccc2s1)C1CCCN1C#N. The number of aromatic nitrogens is 1. The Kier molecular flexibility index (Phi) is 3.41. The number of likely N-dealkylation sites (tertiary alicyclic amines) is 1. The normalized spacial score (nSPS) is 19.5. The van der Waals surface area contributed by atoms with Gasteiger partial charge in [-0.05, 0) is 25.0 Å². The van der Waals surface area contributed by atoms with E-state index in [0.717, 1.165) is 34.7 Å². The molecule has 20 heavy (non-hydrogen) atoms. The molecule has 2 heterocycles. The molecule has 5 nitrogen and oxygen atoms in total. The molecular formula is C14H13N5S. The molecule has 0 amide bonds. The van der Waals surface area contributed by atoms with Gasteiger partial charge in [-0.3, -0.25) is 0 Å². The summed E-state index contributed by atoms with van der Waals surface area (Å²) in [5, 5.41) is 22.4. The first-order chi connectivity index (χ1) is 9.81. The molecule has 6 heteroatoms. The summed E-state index contributed by atoms with van der Waals surface area (Å²) in [6, 6.07) is 9.68. The van der Waals surface area contributed by atoms with Crippen LogP contribution in [0.25, 0.3) is 10.2 Å². The topological polar surface area (TPSA) is 75.7 Å². The summed E-state index contributed by atoms with van der Waals surface area (Å²) in [5.74, 6) is 0. The van der Waals surface area contributed by atoms with Crippen LogP contribution < -0.4 is 5.32 Å². The van der Waals surface area contributed by atoms with Crippen LogP contribution in [-0.4, -0.2) is 28.5 Å². The van der Waals surface area contributed by atoms with Crippen molar-refractivity contribution in [2.75, 3.05) is 11.9 Å². The van der Waals surface area contributed by atoms with Crippen molar-refractivity contribution in [3.05, 3.63) is 24.3 Å². The van der Waals surface area contributed by atoms with Crippen LogP contribution in [0.5, 0.6) is 0 Å². The van der Waals surface area contributed by atoms with Gasteiger partial charge in [-0.15, -0.1) is 0 Å². The zero-order valence-corrected chi connectivity index (χ0v) is 11.6. The molecule has 1 fully saturated rings. The van der Waals surface area contributed by atoms with E-state index < -0.39 is 6.04 Å². The van der Waals surface area contributed by atoms with Gasteiger partial charge in [0, 0.05) is 6.54 Å². The molecule has 0 bridgehead atoms. The molecule has 0 radical (unpaired) electrons. The molecule has 1 aliphatic rings. The third-order valence-electron chi connectivity index (χ3n) is 3.52. The standard InChI is InChI=1S/C14H13N5S/c15-8-11(12-5-3-7-19(12)9-16)18-14-17-10-4-1-2-6-13(10)20-14/h1-2,4,6,11-12H,3,5,7H2,(H,17,18). The largest absolute Gasteiger partial charge is 0.344 e. The van der Waals surface area contributed by atoms with Crippen LogP contribution in [0.3, 0.4) is 0 Å². The maximum atomic E-state index is 9.36. The average Bonchev–Trinajstić information content (AvgIpc) is 3.10. The van der Waals surface area contributed by atoms with Crippen molar-refractivity contribution in [3.63, 3.8) is 0 Å². The van der Waals surface area contributed by atoms with Crippen LogP contribution in [0.1, 0.15) is 12.8 Å². The zero-order valence-electron chi connectivity index (χ0n) is 10.8. The highest BCUT2D eigenvalue weighted by Gasteiger charge is 2.31. The van der Waals surface area contributed by atoms with E-state index in [-0.39, 0.29) is 6.04 Å². The highest BCUT2D eigenvalue weighted by atomic mass is 32.1. The minimum absolute atomic E-state index is 0.0583. The van der Waals surface area contributed by atoms with E-state index in [1.54, 1.807) is 4.90 Å². The highest BCUT2D eigenvalue weighted by Crippen LogP contribution is 2.28. The second-order valence-corrected chi connectivity index (χ2v) is 5.77. The van der Waals surface area contributed by atoms with Gasteiger partial charge >= 0.3 is 0 Å². The van der Waals surface area contributed by atoms with Gasteiger partial charge in [-0.1, -0.05) is 23.5 Å². The number of anilines is 1. The second-order valence-electron chi connectivity index (χ2n) is 4.74. The molecule has 2 atom stereocenters. The number of hydrogen-bond donors (Lipinski definition) is 1. The second kappa shape index (κ2) is 5.36. The Morgan fingerprint density at radius 2 is 2.25 bits per heavy atom. The Labute approximate surface area is 121 Å². The number of para-hydroxylation sites is 1. The molecule has 100 valence electrons. The summed E-state index contributed by atoms with van der Waals surface area (Å²) < 4.78 is 1.09. The van der Waals surface area contributed by atoms with Gasteiger partial charge in [-0.25, -0.2) is 4.98 Å². The number of benzene rings is 1. The first-order valence-corrected chi connectivity index (χ1v) is 7.31. The van der Waals surface area contributed by atoms with E-state index >= 15 is 0 Å². The Hall–Kier alpha value is -2.31. The van der Waals surface area contributed by atoms with E-state index in [1.165, 1.54) is 11.3 Å². The quantitative estimate of drug-likeness (QED) is 0.876. The molecule has 0 spiro atoms. The molecule has 2 aromatic rings. The van der Waals surface area contributed by atoms with E-state index in [4.69, 9.17) is 5.26 Å². The van der Waals surface area contributed by atoms with Crippen molar-refractivity contribution < 1.29 is 0 Å². The number of thiazole rings is 1. The fourth-order valence-corrected chi connectivity index (χ4v) is 3.45. The van der Waals surface area contributed by atoms with E-state index in [1.807, 2.05) is 24.3 Å². The molecule has 1 aliphatic heterocycles. The van der Waals surface area contributed by atoms with Crippen molar-refractivity contribution in [2.24, 2.45) is 0 Å². The maximum Gasteiger partial charge on any atom is 0.184 e. The lowest BCUT2D eigenvalue weighted by molar-refractivity contribution is 0.352. The van der Waals surface area contributed by atoms with E-state index in [9.17, 15) is 5.26 Å². The Morgan fingerprint density at radius 3 is 3.00 bits per heavy atom. The minimum atomic E-state index is -0.405. The first kappa shape index (κ1) is 12.7. The number of rotatable bonds is 3. The van der Waals surface area contributed by atoms with E-state index in [2.05, 4.69) is 22.6 Å². The van der Waals surface area contributed by atoms with Crippen LogP contribution in [0, 0.1) is 22.8 Å². The molecular weight excluding hydrogens is 270 g/mol. The lowest BCUT2D eigenvalue weighted by atomic mass is 10.1. The Bertz CT molecular complexity index is 662. The smallest absolute Gasteiger partial charge is 0.184 e. The summed E-state index contributed by atoms with van der Waals surface area (Å²) in [6.07, 6.45) is 3.99. The van der Waals surface area contributed by atoms with Crippen LogP contribution in [0.2, 0.25) is 0 Å². The third-order valence-corrected chi connectivity index (χ3v) is 4.49. The monoisotopic (exact) mass is 283 g/mol. The van der Waals surface area contributed by atoms with E-state index in [0.29, 0.717) is 0 Å². The summed E-state index contributed by atoms with van der Waals surface area (Å²) in [6.45, 7) is 0.737. The van der Waals surface area contributed by atoms with Gasteiger partial charge in [0.15, 0.2) is 11.3 Å². The van der Waals surface area contributed by atoms with Crippen molar-refractivity contribution >= 4 is 26.7 Å². The predicted octanol–water partition coefficient (Wildman–Crippen LogP) is 2.55. The summed E-state index contributed by atoms with van der Waals surface area (Å²) in [7, 11) is 0. The number of fused-ring (bicyclic) bond motifs is 1. The highest BCUT2D eigenvalue weighted by molar-refractivity contribution is 7.22. The number of nitrogens with one attached hydrogen (secondary N) is 1. The Balaban J connectivity index is 1.81. The van der Waals surface area contributed by atoms with Crippen LogP contribution in [0.15, 0.2) is 24.3 Å². The number of hydrogen-bond acceptors (Lipinski definition) is 6. The molecule has 3 rings (SSSR count). The molecule has 0 aliphatic carbocycles. The van der Waals surface area contributed by atoms with Gasteiger partial charge in [-0.2, -0.15) is 10.5 Å². The molecule has 1 N–H and O–H groups in total. The molecule has 1 aromatic carbocycles. The summed E-state index contributed by atoms with van der Waals surface area (Å²) in [4.78, 5) is 6.17. The summed E-state index contributed by atoms with van der Waals surface area (Å²) >= 11 is 1.53. The fourth-order valence-electron chi connectivity index (χ4n) is 2.54. The number of nitriles is 2. The van der Waals surface area contributed by atoms with Gasteiger partial charge in [0.1, 0.15) is 6.04 Å². The predicted molar refractivity (Wildman–Crippen MR) is 78.0 cm³/mol. The summed E-state index contributed by atoms with van der Waals surface area (Å²) in [5.41, 5.74) is 0.931. The molecule has 0 saturated carbocycles. The molecule has 2 unspecified atom stereocenters. The van der Waals surface area contributed by atoms with Gasteiger partial charge in [0.25, 0.3) is 0 Å². The fraction of sp³-hybridized carbons (Fsp3) is 0.357. The zero-order chi connectivity index (χ0) is 13.9. The molecule has 1 saturated heterocycles. The average molecular weight is 283 g/mol. The van der Waals surface area contributed by atoms with Crippen molar-refractivity contribution in [3.8, 4) is 12.3 Å². The number of nitrogens with zero attached hydrogens (tertiary/aromatic N) is 4. The van der Waals surface area contributed by atoms with Crippen LogP contribution >= 0.6 is 11.3 Å². The Morgan fingerprint density at radius 1 is 1.40 bits per heavy atom. The van der Waals surface area contributed by atoms with Crippen LogP contribution in [-0.2, 0) is 0 Å². The first-order valence-electron chi connectivity index (χ1n) is 6.50. The van der Waals surface area contributed by atoms with Crippen molar-refractivity contribution in [1.82, 2.24) is 9.88 Å². The van der Waals surface area contributed by atoms with Gasteiger partial charge in [0.2, 0.25) is 0 Å². The van der Waals surface area contributed by atoms with Gasteiger partial charge < -0.3 is 10.2 Å². The molecule has 1 aromatic heterocycles. The third kappa shape index (κ3) is 2.26. The van der Waals surface area contributed by atoms with Gasteiger partial charge in [0.05, 0.1) is 22.3 Å². The lowest BCUT2D eigenvalue weighted by Gasteiger charge is -2.23. The van der Waals surface area contributed by atoms with Crippen molar-refractivity contribution in [1.29, 1.82) is 10.5 Å². The maximum absolute atomic E-state index is 9.36. The van der Waals surface area contributed by atoms with Crippen molar-refractivity contribution in [2.45, 2.75) is 24.9 Å². The van der Waals surface area contributed by atoms with Crippen LogP contribution in [0.4, 0.5) is 5.13 Å². The minimum Gasteiger partial charge on any atom is -0.344 e. The lowest BCUT2D eigenvalue weighted by Crippen LogP contribution is -2.40.